The van der Waals surface area contributed by atoms with Crippen molar-refractivity contribution in [1.29, 1.82) is 0 Å². The number of hydrogen-bond donors (Lipinski definition) is 0. The van der Waals surface area contributed by atoms with Crippen LogP contribution in [0.15, 0.2) is 0 Å². The molecule has 0 rings (SSSR count). The molecule has 0 spiro atoms. The first-order valence-electron chi connectivity index (χ1n) is 2.39. The molecule has 0 saturated carbocycles. The van der Waals surface area contributed by atoms with Crippen molar-refractivity contribution in [2.24, 2.45) is 0 Å². The van der Waals surface area contributed by atoms with E-state index in [0.29, 0.717) is 0 Å². The summed E-state index contributed by atoms with van der Waals surface area (Å²) in [5, 5.41) is 0. The predicted molar refractivity (Wildman–Crippen MR) is 34.1 cm³/mol. The van der Waals surface area contributed by atoms with Crippen LogP contribution in [0.1, 0.15) is 13.8 Å². The zero-order chi connectivity index (χ0) is 5.54. The molecule has 0 unspecified atom stereocenters. The highest BCUT2D eigenvalue weighted by Crippen LogP contribution is 2.02. The zero-order valence-electron chi connectivity index (χ0n) is 4.81. The first kappa shape index (κ1) is 7.31. The minimum Gasteiger partial charge on any atom is -0.371 e. The van der Waals surface area contributed by atoms with Crippen LogP contribution in [0.25, 0.3) is 0 Å². The molecular weight excluding hydrogens is 108 g/mol. The second kappa shape index (κ2) is 6.31. The van der Waals surface area contributed by atoms with Crippen LogP contribution in [0.2, 0.25) is 0 Å². The summed E-state index contributed by atoms with van der Waals surface area (Å²) in [6.07, 6.45) is 0. The smallest absolute Gasteiger partial charge is 0.0923 e. The molecule has 0 bridgehead atoms. The summed E-state index contributed by atoms with van der Waals surface area (Å²) in [5.74, 6) is 2.82. The van der Waals surface area contributed by atoms with Crippen LogP contribution in [0.5, 0.6) is 0 Å². The molecule has 0 heterocycles. The van der Waals surface area contributed by atoms with Crippen molar-refractivity contribution in [2.45, 2.75) is 13.8 Å². The molecule has 0 aliphatic heterocycles. The van der Waals surface area contributed by atoms with Gasteiger partial charge in [-0.25, -0.2) is 0 Å². The van der Waals surface area contributed by atoms with Crippen molar-refractivity contribution in [3.8, 4) is 0 Å². The number of thioether (sulfide) groups is 1. The highest BCUT2D eigenvalue weighted by Gasteiger charge is 1.78. The summed E-state index contributed by atoms with van der Waals surface area (Å²) in [4.78, 5) is 0. The Balaban J connectivity index is 2.45. The molecule has 0 saturated heterocycles. The van der Waals surface area contributed by atoms with Gasteiger partial charge in [-0.05, 0) is 6.92 Å². The van der Waals surface area contributed by atoms with E-state index in [4.69, 9.17) is 4.74 Å². The van der Waals surface area contributed by atoms with Gasteiger partial charge in [-0.2, -0.15) is 0 Å². The van der Waals surface area contributed by atoms with Gasteiger partial charge in [0.05, 0.1) is 5.94 Å². The van der Waals surface area contributed by atoms with Gasteiger partial charge in [-0.15, -0.1) is 11.8 Å². The Morgan fingerprint density at radius 1 is 1.71 bits per heavy atom. The number of rotatable bonds is 4. The van der Waals surface area contributed by atoms with E-state index in [1.165, 1.54) is 0 Å². The Hall–Kier alpha value is 0.310. The minimum atomic E-state index is 0.799. The quantitative estimate of drug-likeness (QED) is 0.413. The van der Waals surface area contributed by atoms with Gasteiger partial charge in [-0.3, -0.25) is 0 Å². The highest BCUT2D eigenvalue weighted by atomic mass is 32.2. The van der Waals surface area contributed by atoms with Crippen molar-refractivity contribution >= 4 is 11.8 Å². The largest absolute Gasteiger partial charge is 0.371 e. The maximum atomic E-state index is 5.01. The van der Waals surface area contributed by atoms with Gasteiger partial charge < -0.3 is 4.74 Å². The fourth-order valence-corrected chi connectivity index (χ4v) is 0.598. The molecule has 0 aliphatic carbocycles. The molecule has 0 N–H and O–H groups in total. The normalized spacial score (nSPS) is 9.43. The average molecular weight is 119 g/mol. The first-order valence-corrected chi connectivity index (χ1v) is 3.43. The summed E-state index contributed by atoms with van der Waals surface area (Å²) in [7, 11) is 0. The lowest BCUT2D eigenvalue weighted by Crippen LogP contribution is -1.85. The SMILES string of the molecule is C[CH]SCOCC. The van der Waals surface area contributed by atoms with Gasteiger partial charge >= 0.3 is 0 Å². The monoisotopic (exact) mass is 119 g/mol. The average Bonchev–Trinajstić information content (AvgIpc) is 1.69. The van der Waals surface area contributed by atoms with Crippen LogP contribution in [0.4, 0.5) is 0 Å². The molecule has 0 aromatic rings. The number of hydrogen-bond acceptors (Lipinski definition) is 2. The molecule has 7 heavy (non-hydrogen) atoms. The van der Waals surface area contributed by atoms with E-state index in [1.54, 1.807) is 11.8 Å². The molecule has 0 aliphatic rings. The standard InChI is InChI=1S/C5H11OS/c1-3-6-5-7-4-2/h4H,3,5H2,1-2H3. The molecule has 0 atom stereocenters. The van der Waals surface area contributed by atoms with E-state index < -0.39 is 0 Å². The summed E-state index contributed by atoms with van der Waals surface area (Å²) >= 11 is 1.69. The third-order valence-electron chi connectivity index (χ3n) is 0.522. The van der Waals surface area contributed by atoms with Gasteiger partial charge in [0.1, 0.15) is 0 Å². The lowest BCUT2D eigenvalue weighted by atomic mass is 10.9. The first-order chi connectivity index (χ1) is 3.41. The van der Waals surface area contributed by atoms with Crippen LogP contribution < -0.4 is 0 Å². The maximum absolute atomic E-state index is 5.01. The minimum absolute atomic E-state index is 0.799. The van der Waals surface area contributed by atoms with Crippen molar-refractivity contribution in [2.75, 3.05) is 12.5 Å². The van der Waals surface area contributed by atoms with Gasteiger partial charge in [0.15, 0.2) is 0 Å². The molecule has 43 valence electrons. The predicted octanol–water partition coefficient (Wildman–Crippen LogP) is 1.90. The summed E-state index contributed by atoms with van der Waals surface area (Å²) in [6, 6.07) is 0. The Morgan fingerprint density at radius 2 is 2.43 bits per heavy atom. The molecule has 0 amide bonds. The van der Waals surface area contributed by atoms with E-state index in [0.717, 1.165) is 12.5 Å². The van der Waals surface area contributed by atoms with Crippen LogP contribution in [-0.4, -0.2) is 12.5 Å². The Bertz CT molecular complexity index is 27.3. The lowest BCUT2D eigenvalue weighted by Gasteiger charge is -1.94. The lowest BCUT2D eigenvalue weighted by molar-refractivity contribution is 0.199. The Kier molecular flexibility index (Phi) is 6.59. The molecular formula is C5H11OS. The highest BCUT2D eigenvalue weighted by molar-refractivity contribution is 8.01. The van der Waals surface area contributed by atoms with Crippen molar-refractivity contribution in [3.63, 3.8) is 0 Å². The van der Waals surface area contributed by atoms with Gasteiger partial charge in [0.25, 0.3) is 0 Å². The van der Waals surface area contributed by atoms with E-state index >= 15 is 0 Å². The Morgan fingerprint density at radius 3 is 2.86 bits per heavy atom. The fourth-order valence-electron chi connectivity index (χ4n) is 0.199. The topological polar surface area (TPSA) is 9.23 Å². The van der Waals surface area contributed by atoms with Crippen molar-refractivity contribution in [1.82, 2.24) is 0 Å². The van der Waals surface area contributed by atoms with Crippen molar-refractivity contribution in [3.05, 3.63) is 5.75 Å². The van der Waals surface area contributed by atoms with Crippen LogP contribution in [0.3, 0.4) is 0 Å². The Labute approximate surface area is 49.4 Å². The van der Waals surface area contributed by atoms with Crippen LogP contribution in [0, 0.1) is 5.75 Å². The van der Waals surface area contributed by atoms with E-state index in [9.17, 15) is 0 Å². The molecule has 0 fully saturated rings. The second-order valence-corrected chi connectivity index (χ2v) is 2.05. The van der Waals surface area contributed by atoms with Crippen LogP contribution >= 0.6 is 11.8 Å². The molecule has 1 nitrogen and oxygen atoms in total. The summed E-state index contributed by atoms with van der Waals surface area (Å²) in [6.45, 7) is 4.82. The molecule has 2 heteroatoms. The van der Waals surface area contributed by atoms with Gasteiger partial charge in [0, 0.05) is 12.4 Å². The van der Waals surface area contributed by atoms with Gasteiger partial charge in [0.2, 0.25) is 0 Å². The third kappa shape index (κ3) is 6.31. The van der Waals surface area contributed by atoms with E-state index in [1.807, 2.05) is 19.6 Å². The van der Waals surface area contributed by atoms with Crippen molar-refractivity contribution < 1.29 is 4.74 Å². The third-order valence-corrected chi connectivity index (χ3v) is 1.16. The van der Waals surface area contributed by atoms with E-state index in [-0.39, 0.29) is 0 Å². The zero-order valence-corrected chi connectivity index (χ0v) is 5.62. The maximum Gasteiger partial charge on any atom is 0.0923 e. The van der Waals surface area contributed by atoms with Gasteiger partial charge in [-0.1, -0.05) is 6.92 Å². The van der Waals surface area contributed by atoms with Crippen LogP contribution in [-0.2, 0) is 4.74 Å². The second-order valence-electron chi connectivity index (χ2n) is 1.01. The summed E-state index contributed by atoms with van der Waals surface area (Å²) in [5.41, 5.74) is 0. The molecule has 1 radical (unpaired) electrons. The van der Waals surface area contributed by atoms with E-state index in [2.05, 4.69) is 0 Å². The fraction of sp³-hybridized carbons (Fsp3) is 0.800. The summed E-state index contributed by atoms with van der Waals surface area (Å²) < 4.78 is 5.01. The molecule has 0 aromatic carbocycles. The number of ether oxygens (including phenoxy) is 1. The molecule has 0 aromatic heterocycles.